The van der Waals surface area contributed by atoms with Crippen molar-refractivity contribution >= 4 is 32.2 Å². The molecule has 1 aromatic carbocycles. The molecule has 0 saturated carbocycles. The summed E-state index contributed by atoms with van der Waals surface area (Å²) in [5.74, 6) is -1.12. The number of carbonyl (C=O) groups is 4. The second kappa shape index (κ2) is 26.2. The minimum Gasteiger partial charge on any atom is -0.427 e. The Labute approximate surface area is 335 Å². The number of hydrogen-bond donors (Lipinski definition) is 3. The molecular formula is C43H77N4O7P. The van der Waals surface area contributed by atoms with E-state index < -0.39 is 49.7 Å². The molecule has 0 fully saturated rings. The maximum atomic E-state index is 13.7. The van der Waals surface area contributed by atoms with E-state index in [0.29, 0.717) is 18.8 Å². The highest BCUT2D eigenvalue weighted by Crippen LogP contribution is 2.47. The minimum absolute atomic E-state index is 0.102. The van der Waals surface area contributed by atoms with Gasteiger partial charge < -0.3 is 25.4 Å². The average molecular weight is 793 g/mol. The molecular weight excluding hydrogens is 715 g/mol. The third-order valence-corrected chi connectivity index (χ3v) is 10.5. The highest BCUT2D eigenvalue weighted by molar-refractivity contribution is 7.42. The van der Waals surface area contributed by atoms with Crippen LogP contribution in [0.3, 0.4) is 0 Å². The predicted molar refractivity (Wildman–Crippen MR) is 225 cm³/mol. The van der Waals surface area contributed by atoms with Gasteiger partial charge in [-0.2, -0.15) is 0 Å². The molecule has 0 bridgehead atoms. The van der Waals surface area contributed by atoms with Gasteiger partial charge in [0.1, 0.15) is 23.9 Å². The van der Waals surface area contributed by atoms with Gasteiger partial charge in [0.05, 0.1) is 11.2 Å². The van der Waals surface area contributed by atoms with Crippen molar-refractivity contribution in [1.29, 1.82) is 0 Å². The Morgan fingerprint density at radius 1 is 0.673 bits per heavy atom. The van der Waals surface area contributed by atoms with Gasteiger partial charge in [-0.25, -0.2) is 0 Å². The van der Waals surface area contributed by atoms with Crippen LogP contribution in [0.1, 0.15) is 166 Å². The molecule has 55 heavy (non-hydrogen) atoms. The summed E-state index contributed by atoms with van der Waals surface area (Å²) in [4.78, 5) is 55.2. The summed E-state index contributed by atoms with van der Waals surface area (Å²) >= 11 is 0. The van der Waals surface area contributed by atoms with Crippen LogP contribution in [0.2, 0.25) is 0 Å². The van der Waals surface area contributed by atoms with Crippen molar-refractivity contribution in [2.45, 2.75) is 196 Å². The first-order valence-electron chi connectivity index (χ1n) is 20.9. The molecule has 3 atom stereocenters. The molecule has 12 heteroatoms. The molecule has 3 N–H and O–H groups in total. The van der Waals surface area contributed by atoms with Gasteiger partial charge in [0.25, 0.3) is 0 Å². The van der Waals surface area contributed by atoms with Crippen LogP contribution < -0.4 is 20.5 Å². The molecule has 0 radical (unpaired) electrons. The van der Waals surface area contributed by atoms with Crippen LogP contribution in [0, 0.1) is 5.92 Å². The van der Waals surface area contributed by atoms with Gasteiger partial charge in [0, 0.05) is 26.4 Å². The Balaban J connectivity index is 3.00. The zero-order valence-electron chi connectivity index (χ0n) is 36.5. The number of amides is 4. The minimum atomic E-state index is -1.69. The van der Waals surface area contributed by atoms with E-state index in [9.17, 15) is 19.2 Å². The summed E-state index contributed by atoms with van der Waals surface area (Å²) in [5.41, 5.74) is -0.177. The van der Waals surface area contributed by atoms with E-state index in [-0.39, 0.29) is 24.2 Å². The lowest BCUT2D eigenvalue weighted by Crippen LogP contribution is -2.58. The van der Waals surface area contributed by atoms with Gasteiger partial charge >= 0.3 is 8.60 Å². The fourth-order valence-corrected chi connectivity index (χ4v) is 7.19. The molecule has 0 aliphatic rings. The van der Waals surface area contributed by atoms with Crippen molar-refractivity contribution in [2.75, 3.05) is 13.1 Å². The summed E-state index contributed by atoms with van der Waals surface area (Å²) in [6.45, 7) is 24.1. The molecule has 1 aromatic rings. The standard InChI is InChI=1S/C43H77N4O7P/c1-13-15-17-19-21-23-29-47(30-24-22-20-18-16-14-2)41(51)33(5)44-40(50)38(32(3)4)46-39(49)37(45-34(6)48)31-35-25-27-36(28-26-35)52-55(53-42(7,8)9)54-43(10,11)12/h25-28,32-33,37-38H,13-24,29-31H2,1-12H3,(H,44,50)(H,45,48)(H,46,49)/t33-,37-,38-/m0/s1. The molecule has 0 aliphatic carbocycles. The van der Waals surface area contributed by atoms with Crippen LogP contribution in [0.4, 0.5) is 0 Å². The second-order valence-electron chi connectivity index (χ2n) is 17.1. The quantitative estimate of drug-likeness (QED) is 0.0598. The lowest BCUT2D eigenvalue weighted by molar-refractivity contribution is -0.137. The zero-order chi connectivity index (χ0) is 41.6. The van der Waals surface area contributed by atoms with Crippen LogP contribution in [0.15, 0.2) is 24.3 Å². The largest absolute Gasteiger partial charge is 0.427 e. The molecule has 0 heterocycles. The van der Waals surface area contributed by atoms with E-state index in [4.69, 9.17) is 13.6 Å². The number of nitrogens with one attached hydrogen (secondary N) is 3. The monoisotopic (exact) mass is 793 g/mol. The van der Waals surface area contributed by atoms with Gasteiger partial charge in [0.2, 0.25) is 23.6 Å². The van der Waals surface area contributed by atoms with Crippen molar-refractivity contribution < 1.29 is 32.7 Å². The van der Waals surface area contributed by atoms with E-state index >= 15 is 0 Å². The smallest absolute Gasteiger partial charge is 0.398 e. The maximum absolute atomic E-state index is 13.7. The van der Waals surface area contributed by atoms with Crippen LogP contribution in [0.5, 0.6) is 5.75 Å². The van der Waals surface area contributed by atoms with Crippen molar-refractivity contribution in [3.05, 3.63) is 29.8 Å². The molecule has 0 unspecified atom stereocenters. The maximum Gasteiger partial charge on any atom is 0.398 e. The molecule has 316 valence electrons. The van der Waals surface area contributed by atoms with E-state index in [0.717, 1.165) is 44.1 Å². The summed E-state index contributed by atoms with van der Waals surface area (Å²) in [6.07, 6.45) is 13.8. The molecule has 0 spiro atoms. The van der Waals surface area contributed by atoms with Crippen molar-refractivity contribution in [2.24, 2.45) is 5.92 Å². The topological polar surface area (TPSA) is 135 Å². The summed E-state index contributed by atoms with van der Waals surface area (Å²) in [7, 11) is -1.69. The zero-order valence-corrected chi connectivity index (χ0v) is 37.4. The lowest BCUT2D eigenvalue weighted by Gasteiger charge is -2.30. The van der Waals surface area contributed by atoms with Gasteiger partial charge in [0.15, 0.2) is 0 Å². The van der Waals surface area contributed by atoms with Crippen LogP contribution in [-0.4, -0.2) is 70.9 Å². The first kappa shape index (κ1) is 50.3. The third-order valence-electron chi connectivity index (χ3n) is 8.78. The number of unbranched alkanes of at least 4 members (excludes halogenated alkanes) is 10. The number of nitrogens with zero attached hydrogens (tertiary/aromatic N) is 1. The van der Waals surface area contributed by atoms with Crippen LogP contribution in [-0.2, 0) is 34.6 Å². The molecule has 0 saturated heterocycles. The van der Waals surface area contributed by atoms with Gasteiger partial charge in [-0.3, -0.25) is 28.2 Å². The number of carbonyl (C=O) groups excluding carboxylic acids is 4. The first-order chi connectivity index (χ1) is 25.8. The molecule has 11 nitrogen and oxygen atoms in total. The van der Waals surface area contributed by atoms with Gasteiger partial charge in [-0.15, -0.1) is 0 Å². The highest BCUT2D eigenvalue weighted by atomic mass is 31.2. The fraction of sp³-hybridized carbons (Fsp3) is 0.767. The molecule has 0 aliphatic heterocycles. The second-order valence-corrected chi connectivity index (χ2v) is 18.1. The normalized spacial score (nSPS) is 13.6. The van der Waals surface area contributed by atoms with Crippen molar-refractivity contribution in [1.82, 2.24) is 20.9 Å². The average Bonchev–Trinajstić information content (AvgIpc) is 3.07. The molecule has 1 rings (SSSR count). The SMILES string of the molecule is CCCCCCCCN(CCCCCCCC)C(=O)[C@H](C)NC(=O)[C@@H](NC(=O)[C@H](Cc1ccc(OP(OC(C)(C)C)OC(C)(C)C)cc1)NC(C)=O)C(C)C. The predicted octanol–water partition coefficient (Wildman–Crippen LogP) is 9.16. The van der Waals surface area contributed by atoms with Crippen molar-refractivity contribution in [3.63, 3.8) is 0 Å². The van der Waals surface area contributed by atoms with Gasteiger partial charge in [-0.05, 0) is 84.9 Å². The Morgan fingerprint density at radius 3 is 1.58 bits per heavy atom. The Kier molecular flexibility index (Phi) is 24.0. The van der Waals surface area contributed by atoms with E-state index in [1.165, 1.54) is 45.4 Å². The number of benzene rings is 1. The van der Waals surface area contributed by atoms with Crippen LogP contribution >= 0.6 is 8.60 Å². The Morgan fingerprint density at radius 2 is 1.15 bits per heavy atom. The lowest BCUT2D eigenvalue weighted by atomic mass is 10.0. The summed E-state index contributed by atoms with van der Waals surface area (Å²) in [5, 5.41) is 8.51. The van der Waals surface area contributed by atoms with Crippen molar-refractivity contribution in [3.8, 4) is 5.75 Å². The highest BCUT2D eigenvalue weighted by Gasteiger charge is 2.32. The van der Waals surface area contributed by atoms with Gasteiger partial charge in [-0.1, -0.05) is 104 Å². The fourth-order valence-electron chi connectivity index (χ4n) is 5.89. The molecule has 4 amide bonds. The summed E-state index contributed by atoms with van der Waals surface area (Å²) < 4.78 is 18.2. The first-order valence-corrected chi connectivity index (χ1v) is 22.0. The summed E-state index contributed by atoms with van der Waals surface area (Å²) in [6, 6.07) is 4.59. The molecule has 0 aromatic heterocycles. The Bertz CT molecular complexity index is 1230. The van der Waals surface area contributed by atoms with E-state index in [2.05, 4.69) is 29.8 Å². The van der Waals surface area contributed by atoms with E-state index in [1.807, 2.05) is 72.4 Å². The number of hydrogen-bond acceptors (Lipinski definition) is 7. The third kappa shape index (κ3) is 23.2. The van der Waals surface area contributed by atoms with E-state index in [1.54, 1.807) is 19.1 Å². The van der Waals surface area contributed by atoms with Crippen LogP contribution in [0.25, 0.3) is 0 Å². The number of rotatable bonds is 27. The Hall–Kier alpha value is -2.75.